The fourth-order valence-corrected chi connectivity index (χ4v) is 7.62. The van der Waals surface area contributed by atoms with Crippen molar-refractivity contribution in [3.05, 3.63) is 36.5 Å². The SMILES string of the molecule is C=C(C)C(=O)OC1CCC(CC)(OC(=O)CCl)CC1.C=C(C)C(=O)OC1CCC(CC)(OC(=O)COC(=O)CC(O)(C(F)(F)F)C(F)(F)F)CC1.C=C(C)C(=O)OC1CCC(O)(CC)CC1.CC(O)(CC(=O)[O-])C(F)(F)F.O=C(Cl)CCl.[Na+]. The van der Waals surface area contributed by atoms with Gasteiger partial charge in [-0.3, -0.25) is 14.4 Å². The van der Waals surface area contributed by atoms with E-state index in [1.165, 1.54) is 6.92 Å². The Kier molecular flexibility index (Phi) is 37.3. The summed E-state index contributed by atoms with van der Waals surface area (Å²) in [6, 6.07) is 0. The number of halogens is 12. The zero-order valence-corrected chi connectivity index (χ0v) is 51.8. The Balaban J connectivity index is -0.00000107. The topological polar surface area (TPSA) is 276 Å². The van der Waals surface area contributed by atoms with Crippen molar-refractivity contribution in [3.8, 4) is 0 Å². The number of alkyl halides is 11. The van der Waals surface area contributed by atoms with Crippen molar-refractivity contribution in [1.29, 1.82) is 0 Å². The average Bonchev–Trinajstić information content (AvgIpc) is 3.37. The number of ether oxygens (including phenoxy) is 6. The van der Waals surface area contributed by atoms with Crippen LogP contribution in [0.3, 0.4) is 0 Å². The molecule has 0 aliphatic heterocycles. The molecule has 3 aliphatic carbocycles. The number of aliphatic hydroxyl groups is 3. The van der Waals surface area contributed by atoms with Crippen LogP contribution in [-0.2, 0) is 66.8 Å². The molecule has 474 valence electrons. The normalized spacial score (nSPS) is 23.0. The van der Waals surface area contributed by atoms with E-state index in [0.717, 1.165) is 38.5 Å². The van der Waals surface area contributed by atoms with E-state index in [0.29, 0.717) is 63.0 Å². The minimum atomic E-state index is -6.19. The fraction of sp³-hybridized carbons (Fsp3) is 0.731. The third-order valence-electron chi connectivity index (χ3n) is 13.0. The molecule has 0 spiro atoms. The van der Waals surface area contributed by atoms with Gasteiger partial charge < -0.3 is 53.6 Å². The van der Waals surface area contributed by atoms with Crippen LogP contribution >= 0.6 is 34.8 Å². The van der Waals surface area contributed by atoms with E-state index in [-0.39, 0.29) is 89.8 Å². The van der Waals surface area contributed by atoms with Crippen LogP contribution in [-0.4, -0.2) is 146 Å². The van der Waals surface area contributed by atoms with Gasteiger partial charge in [-0.25, -0.2) is 19.2 Å². The number of hydrogen-bond donors (Lipinski definition) is 3. The first-order chi connectivity index (χ1) is 37.3. The van der Waals surface area contributed by atoms with Crippen LogP contribution in [0.4, 0.5) is 39.5 Å². The van der Waals surface area contributed by atoms with E-state index >= 15 is 0 Å². The van der Waals surface area contributed by atoms with Crippen LogP contribution in [0.15, 0.2) is 36.5 Å². The Bertz CT molecular complexity index is 2150. The molecule has 0 amide bonds. The molecule has 0 aromatic heterocycles. The molecule has 3 fully saturated rings. The molecular weight excluding hydrogens is 1210 g/mol. The minimum Gasteiger partial charge on any atom is -0.550 e. The second-order valence-electron chi connectivity index (χ2n) is 19.9. The van der Waals surface area contributed by atoms with Crippen molar-refractivity contribution in [2.75, 3.05) is 18.4 Å². The monoisotopic (exact) mass is 1280 g/mol. The minimum absolute atomic E-state index is 0. The first kappa shape index (κ1) is 83.5. The summed E-state index contributed by atoms with van der Waals surface area (Å²) in [6.07, 6.45) is -13.1. The first-order valence-electron chi connectivity index (χ1n) is 25.3. The Morgan fingerprint density at radius 1 is 0.554 bits per heavy atom. The summed E-state index contributed by atoms with van der Waals surface area (Å²) >= 11 is 15.0. The molecule has 0 saturated heterocycles. The third kappa shape index (κ3) is 31.0. The molecule has 0 radical (unpaired) electrons. The van der Waals surface area contributed by atoms with Gasteiger partial charge in [-0.05, 0) is 136 Å². The van der Waals surface area contributed by atoms with Gasteiger partial charge in [-0.2, -0.15) is 39.5 Å². The number of carbonyl (C=O) groups is 8. The van der Waals surface area contributed by atoms with Crippen LogP contribution in [0, 0.1) is 0 Å². The Labute approximate surface area is 512 Å². The maximum Gasteiger partial charge on any atom is 1.00 e. The summed E-state index contributed by atoms with van der Waals surface area (Å²) < 4.78 is 141. The maximum absolute atomic E-state index is 12.6. The second-order valence-corrected chi connectivity index (χ2v) is 20.8. The zero-order valence-electron chi connectivity index (χ0n) is 47.5. The molecule has 3 N–H and O–H groups in total. The number of carbonyl (C=O) groups excluding carboxylic acids is 8. The Morgan fingerprint density at radius 2 is 0.867 bits per heavy atom. The molecule has 1 unspecified atom stereocenters. The number of rotatable bonds is 19. The van der Waals surface area contributed by atoms with Gasteiger partial charge in [0.2, 0.25) is 5.24 Å². The summed E-state index contributed by atoms with van der Waals surface area (Å²) in [5.74, 6) is -7.06. The number of carboxylic acids is 1. The van der Waals surface area contributed by atoms with Crippen LogP contribution in [0.2, 0.25) is 0 Å². The van der Waals surface area contributed by atoms with Crippen molar-refractivity contribution < 1.29 is 156 Å². The Hall–Kier alpha value is -3.70. The van der Waals surface area contributed by atoms with E-state index < -0.39 is 101 Å². The van der Waals surface area contributed by atoms with E-state index in [4.69, 9.17) is 68.7 Å². The Morgan fingerprint density at radius 3 is 1.10 bits per heavy atom. The van der Waals surface area contributed by atoms with Crippen molar-refractivity contribution in [1.82, 2.24) is 0 Å². The fourth-order valence-electron chi connectivity index (χ4n) is 7.56. The first-order valence-corrected chi connectivity index (χ1v) is 26.8. The number of esters is 6. The van der Waals surface area contributed by atoms with E-state index in [9.17, 15) is 88.1 Å². The van der Waals surface area contributed by atoms with Gasteiger partial charge >= 0.3 is 83.9 Å². The number of hydrogen-bond acceptors (Lipinski definition) is 18. The van der Waals surface area contributed by atoms with Gasteiger partial charge in [0.25, 0.3) is 5.60 Å². The predicted octanol–water partition coefficient (Wildman–Crippen LogP) is 6.13. The van der Waals surface area contributed by atoms with Crippen molar-refractivity contribution in [2.24, 2.45) is 0 Å². The van der Waals surface area contributed by atoms with Gasteiger partial charge in [0.1, 0.15) is 35.4 Å². The summed E-state index contributed by atoms with van der Waals surface area (Å²) in [6.45, 7) is 20.1. The molecular formula is C52H73Cl3F9NaO18. The van der Waals surface area contributed by atoms with E-state index in [1.807, 2.05) is 13.8 Å². The number of carboxylic acid groups (broad SMARTS) is 1. The molecule has 83 heavy (non-hydrogen) atoms. The average molecular weight is 1290 g/mol. The molecule has 31 heteroatoms. The molecule has 3 saturated carbocycles. The van der Waals surface area contributed by atoms with Crippen molar-refractivity contribution in [2.45, 2.75) is 222 Å². The molecule has 18 nitrogen and oxygen atoms in total. The van der Waals surface area contributed by atoms with Crippen LogP contribution in [0.5, 0.6) is 0 Å². The largest absolute Gasteiger partial charge is 1.00 e. The summed E-state index contributed by atoms with van der Waals surface area (Å²) in [4.78, 5) is 88.2. The quantitative estimate of drug-likeness (QED) is 0.0249. The summed E-state index contributed by atoms with van der Waals surface area (Å²) in [5.41, 5.74) is -9.46. The van der Waals surface area contributed by atoms with Gasteiger partial charge in [0.15, 0.2) is 12.2 Å². The molecule has 3 rings (SSSR count). The van der Waals surface area contributed by atoms with Crippen molar-refractivity contribution >= 4 is 81.8 Å². The van der Waals surface area contributed by atoms with Gasteiger partial charge in [0.05, 0.1) is 17.9 Å². The van der Waals surface area contributed by atoms with Gasteiger partial charge in [-0.1, -0.05) is 40.5 Å². The summed E-state index contributed by atoms with van der Waals surface area (Å²) in [7, 11) is 0. The zero-order chi connectivity index (χ0) is 64.5. The van der Waals surface area contributed by atoms with Crippen LogP contribution in [0.1, 0.15) is 158 Å². The van der Waals surface area contributed by atoms with E-state index in [2.05, 4.69) is 24.5 Å². The second kappa shape index (κ2) is 37.1. The molecule has 3 aliphatic rings. The van der Waals surface area contributed by atoms with Crippen LogP contribution < -0.4 is 34.7 Å². The summed E-state index contributed by atoms with van der Waals surface area (Å²) in [5, 5.41) is 36.6. The third-order valence-corrected chi connectivity index (χ3v) is 13.8. The number of aliphatic carboxylic acids is 1. The maximum atomic E-state index is 12.6. The molecule has 0 aromatic rings. The van der Waals surface area contributed by atoms with Gasteiger partial charge in [-0.15, -0.1) is 23.2 Å². The molecule has 1 atom stereocenters. The standard InChI is InChI=1S/C19H24F6O7.C14H21ClO4.C12H20O3.C5H7F3O3.C2H2Cl2O.Na/c1-4-16(7-5-12(6-8-16)31-15(28)11(2)3)32-14(27)10-30-13(26)9-17(29,18(20,21)22)19(23,24)25;1-4-14(19-12(16)9-15)7-5-11(6-8-14)18-13(17)10(2)3;1-4-12(14)7-5-10(6-8-12)15-11(13)9(2)3;1-4(11,2-3(9)10)5(6,7)8;3-1-2(4)5;/h12,29H,2,4-10H2,1,3H3;11H,2,4-9H2,1,3H3;10,14H,2,4-8H2,1,3H3;11H,2H2,1H3,(H,9,10);1H2;/q;;;;;+1/p-1. The van der Waals surface area contributed by atoms with Gasteiger partial charge in [0, 0.05) is 29.1 Å². The molecule has 0 aromatic carbocycles. The van der Waals surface area contributed by atoms with Crippen LogP contribution in [0.25, 0.3) is 0 Å². The predicted molar refractivity (Wildman–Crippen MR) is 274 cm³/mol. The molecule has 0 bridgehead atoms. The molecule has 0 heterocycles. The van der Waals surface area contributed by atoms with Crippen molar-refractivity contribution in [3.63, 3.8) is 0 Å². The smallest absolute Gasteiger partial charge is 0.550 e. The van der Waals surface area contributed by atoms with E-state index in [1.54, 1.807) is 20.8 Å².